The molecule has 0 radical (unpaired) electrons. The van der Waals surface area contributed by atoms with E-state index in [1.165, 1.54) is 4.90 Å². The first-order valence-corrected chi connectivity index (χ1v) is 6.92. The van der Waals surface area contributed by atoms with Gasteiger partial charge in [-0.3, -0.25) is 19.8 Å². The molecule has 6 heteroatoms. The Bertz CT molecular complexity index is 424. The van der Waals surface area contributed by atoms with Gasteiger partial charge in [0.05, 0.1) is 12.6 Å². The first-order chi connectivity index (χ1) is 9.13. The topological polar surface area (TPSA) is 75.7 Å². The van der Waals surface area contributed by atoms with Crippen molar-refractivity contribution in [3.05, 3.63) is 0 Å². The smallest absolute Gasteiger partial charge is 0.330 e. The third-order valence-electron chi connectivity index (χ3n) is 4.42. The van der Waals surface area contributed by atoms with Gasteiger partial charge in [0.2, 0.25) is 11.8 Å². The van der Waals surface area contributed by atoms with Gasteiger partial charge in [-0.1, -0.05) is 6.42 Å². The largest absolute Gasteiger partial charge is 0.376 e. The van der Waals surface area contributed by atoms with Crippen molar-refractivity contribution in [2.75, 3.05) is 13.2 Å². The highest BCUT2D eigenvalue weighted by Gasteiger charge is 2.57. The molecule has 1 atom stereocenters. The van der Waals surface area contributed by atoms with Crippen LogP contribution in [0.2, 0.25) is 0 Å². The van der Waals surface area contributed by atoms with E-state index in [4.69, 9.17) is 4.74 Å². The molecule has 1 saturated carbocycles. The van der Waals surface area contributed by atoms with Crippen molar-refractivity contribution < 1.29 is 19.1 Å². The van der Waals surface area contributed by atoms with Crippen LogP contribution in [-0.2, 0) is 14.3 Å². The fourth-order valence-electron chi connectivity index (χ4n) is 3.02. The average molecular weight is 266 g/mol. The summed E-state index contributed by atoms with van der Waals surface area (Å²) < 4.78 is 5.57. The van der Waals surface area contributed by atoms with Crippen molar-refractivity contribution >= 4 is 17.8 Å². The molecule has 3 fully saturated rings. The summed E-state index contributed by atoms with van der Waals surface area (Å²) in [5, 5.41) is 2.31. The molecule has 0 aromatic rings. The third kappa shape index (κ3) is 1.94. The van der Waals surface area contributed by atoms with E-state index in [-0.39, 0.29) is 18.6 Å². The molecule has 1 unspecified atom stereocenters. The molecule has 2 saturated heterocycles. The number of carbonyl (C=O) groups is 3. The van der Waals surface area contributed by atoms with Crippen LogP contribution in [0.4, 0.5) is 4.79 Å². The molecule has 6 nitrogen and oxygen atoms in total. The first-order valence-electron chi connectivity index (χ1n) is 6.92. The SMILES string of the molecule is O=C1NC(=O)C2(CCC2)C(=O)N1CC1CCCCO1. The van der Waals surface area contributed by atoms with Gasteiger partial charge in [-0.25, -0.2) is 4.79 Å². The van der Waals surface area contributed by atoms with Crippen LogP contribution in [0.1, 0.15) is 38.5 Å². The monoisotopic (exact) mass is 266 g/mol. The highest BCUT2D eigenvalue weighted by atomic mass is 16.5. The molecule has 104 valence electrons. The second-order valence-corrected chi connectivity index (χ2v) is 5.60. The van der Waals surface area contributed by atoms with Crippen molar-refractivity contribution in [2.24, 2.45) is 5.41 Å². The highest BCUT2D eigenvalue weighted by Crippen LogP contribution is 2.44. The lowest BCUT2D eigenvalue weighted by Crippen LogP contribution is -2.67. The van der Waals surface area contributed by atoms with Crippen LogP contribution >= 0.6 is 0 Å². The van der Waals surface area contributed by atoms with Gasteiger partial charge in [0, 0.05) is 6.61 Å². The molecule has 4 amide bonds. The Balaban J connectivity index is 1.74. The van der Waals surface area contributed by atoms with Gasteiger partial charge in [-0.2, -0.15) is 0 Å². The number of hydrogen-bond acceptors (Lipinski definition) is 4. The molecular formula is C13H18N2O4. The number of hydrogen-bond donors (Lipinski definition) is 1. The number of rotatable bonds is 2. The number of amides is 4. The maximum Gasteiger partial charge on any atom is 0.330 e. The molecular weight excluding hydrogens is 248 g/mol. The highest BCUT2D eigenvalue weighted by molar-refractivity contribution is 6.19. The maximum atomic E-state index is 12.4. The summed E-state index contributed by atoms with van der Waals surface area (Å²) in [6, 6.07) is -0.596. The van der Waals surface area contributed by atoms with Gasteiger partial charge in [-0.15, -0.1) is 0 Å². The van der Waals surface area contributed by atoms with Crippen LogP contribution < -0.4 is 5.32 Å². The summed E-state index contributed by atoms with van der Waals surface area (Å²) in [7, 11) is 0. The van der Waals surface area contributed by atoms with Crippen LogP contribution in [0.15, 0.2) is 0 Å². The summed E-state index contributed by atoms with van der Waals surface area (Å²) in [5.41, 5.74) is -0.970. The molecule has 3 aliphatic rings. The Kier molecular flexibility index (Phi) is 3.05. The lowest BCUT2D eigenvalue weighted by Gasteiger charge is -2.45. The summed E-state index contributed by atoms with van der Waals surface area (Å²) in [5.74, 6) is -0.753. The minimum atomic E-state index is -0.970. The van der Waals surface area contributed by atoms with Gasteiger partial charge >= 0.3 is 6.03 Å². The van der Waals surface area contributed by atoms with Crippen LogP contribution in [0.5, 0.6) is 0 Å². The van der Waals surface area contributed by atoms with E-state index in [2.05, 4.69) is 5.32 Å². The quantitative estimate of drug-likeness (QED) is 0.750. The summed E-state index contributed by atoms with van der Waals surface area (Å²) in [4.78, 5) is 37.3. The minimum Gasteiger partial charge on any atom is -0.376 e. The molecule has 2 heterocycles. The maximum absolute atomic E-state index is 12.4. The summed E-state index contributed by atoms with van der Waals surface area (Å²) in [6.07, 6.45) is 4.81. The van der Waals surface area contributed by atoms with Crippen molar-refractivity contribution in [1.29, 1.82) is 0 Å². The summed E-state index contributed by atoms with van der Waals surface area (Å²) >= 11 is 0. The number of imide groups is 2. The number of ether oxygens (including phenoxy) is 1. The predicted octanol–water partition coefficient (Wildman–Crippen LogP) is 0.804. The van der Waals surface area contributed by atoms with Gasteiger partial charge in [0.25, 0.3) is 0 Å². The molecule has 0 bridgehead atoms. The molecule has 1 N–H and O–H groups in total. The van der Waals surface area contributed by atoms with Crippen LogP contribution in [0, 0.1) is 5.41 Å². The molecule has 1 aliphatic carbocycles. The van der Waals surface area contributed by atoms with E-state index in [1.807, 2.05) is 0 Å². The average Bonchev–Trinajstić information content (AvgIpc) is 2.34. The lowest BCUT2D eigenvalue weighted by atomic mass is 9.66. The van der Waals surface area contributed by atoms with E-state index in [1.54, 1.807) is 0 Å². The van der Waals surface area contributed by atoms with Crippen molar-refractivity contribution in [3.8, 4) is 0 Å². The van der Waals surface area contributed by atoms with E-state index in [0.29, 0.717) is 19.4 Å². The first kappa shape index (κ1) is 12.6. The molecule has 0 aromatic heterocycles. The number of nitrogens with one attached hydrogen (secondary N) is 1. The third-order valence-corrected chi connectivity index (χ3v) is 4.42. The Morgan fingerprint density at radius 1 is 1.21 bits per heavy atom. The minimum absolute atomic E-state index is 0.0891. The number of nitrogens with zero attached hydrogens (tertiary/aromatic N) is 1. The number of carbonyl (C=O) groups excluding carboxylic acids is 3. The Hall–Kier alpha value is -1.43. The van der Waals surface area contributed by atoms with Gasteiger partial charge in [-0.05, 0) is 32.1 Å². The molecule has 0 aromatic carbocycles. The predicted molar refractivity (Wildman–Crippen MR) is 65.1 cm³/mol. The Morgan fingerprint density at radius 2 is 2.00 bits per heavy atom. The second-order valence-electron chi connectivity index (χ2n) is 5.60. The fourth-order valence-corrected chi connectivity index (χ4v) is 3.02. The van der Waals surface area contributed by atoms with E-state index >= 15 is 0 Å². The van der Waals surface area contributed by atoms with Crippen LogP contribution in [0.3, 0.4) is 0 Å². The normalized spacial score (nSPS) is 30.2. The van der Waals surface area contributed by atoms with E-state index in [9.17, 15) is 14.4 Å². The zero-order valence-corrected chi connectivity index (χ0v) is 10.8. The van der Waals surface area contributed by atoms with E-state index < -0.39 is 17.4 Å². The molecule has 3 rings (SSSR count). The van der Waals surface area contributed by atoms with Crippen LogP contribution in [0.25, 0.3) is 0 Å². The van der Waals surface area contributed by atoms with E-state index in [0.717, 1.165) is 25.7 Å². The van der Waals surface area contributed by atoms with Crippen molar-refractivity contribution in [3.63, 3.8) is 0 Å². The molecule has 19 heavy (non-hydrogen) atoms. The van der Waals surface area contributed by atoms with Gasteiger partial charge in [0.1, 0.15) is 5.41 Å². The van der Waals surface area contributed by atoms with Gasteiger partial charge in [0.15, 0.2) is 0 Å². The standard InChI is InChI=1S/C13H18N2O4/c16-10-13(5-3-6-13)11(17)15(12(18)14-10)8-9-4-1-2-7-19-9/h9H,1-8H2,(H,14,16,18). The molecule has 1 spiro atoms. The van der Waals surface area contributed by atoms with Crippen molar-refractivity contribution in [2.45, 2.75) is 44.6 Å². The lowest BCUT2D eigenvalue weighted by molar-refractivity contribution is -0.159. The van der Waals surface area contributed by atoms with Crippen LogP contribution in [-0.4, -0.2) is 42.0 Å². The van der Waals surface area contributed by atoms with Gasteiger partial charge < -0.3 is 4.74 Å². The Labute approximate surface area is 111 Å². The zero-order valence-electron chi connectivity index (χ0n) is 10.8. The fraction of sp³-hybridized carbons (Fsp3) is 0.769. The number of barbiturate groups is 1. The second kappa shape index (κ2) is 4.59. The van der Waals surface area contributed by atoms with Crippen molar-refractivity contribution in [1.82, 2.24) is 10.2 Å². The molecule has 2 aliphatic heterocycles. The Morgan fingerprint density at radius 3 is 2.58 bits per heavy atom. The number of urea groups is 1. The zero-order chi connectivity index (χ0) is 13.5. The summed E-state index contributed by atoms with van der Waals surface area (Å²) in [6.45, 7) is 0.943.